The van der Waals surface area contributed by atoms with Crippen LogP contribution in [0, 0.1) is 154 Å². The minimum Gasteiger partial charge on any atom is -0.619 e. The van der Waals surface area contributed by atoms with Crippen LogP contribution in [0.5, 0.6) is 23.8 Å². The summed E-state index contributed by atoms with van der Waals surface area (Å²) in [4.78, 5) is 41.7. The van der Waals surface area contributed by atoms with E-state index in [2.05, 4.69) is 132 Å². The second kappa shape index (κ2) is 60.5. The number of aromatic nitrogens is 10. The normalized spacial score (nSPS) is 10.2. The number of hydrogen-bond acceptors (Lipinski definition) is 21. The van der Waals surface area contributed by atoms with Crippen LogP contribution in [-0.4, -0.2) is 87.1 Å². The van der Waals surface area contributed by atoms with Gasteiger partial charge < -0.3 is 66.4 Å². The molecule has 0 aromatic carbocycles. The molecule has 0 saturated carbocycles. The molecule has 120 heavy (non-hydrogen) atoms. The Morgan fingerprint density at radius 1 is 0.525 bits per heavy atom. The van der Waals surface area contributed by atoms with Crippen LogP contribution < -0.4 is 38.7 Å². The molecule has 0 aliphatic carbocycles. The molecule has 0 radical (unpaired) electrons. The Hall–Kier alpha value is -11.0. The Morgan fingerprint density at radius 3 is 1.45 bits per heavy atom. The molecule has 0 atom stereocenters. The van der Waals surface area contributed by atoms with Gasteiger partial charge in [-0.25, -0.2) is 9.97 Å². The number of ether oxygens (including phenoxy) is 4. The molecule has 0 unspecified atom stereocenters. The lowest BCUT2D eigenvalue weighted by molar-refractivity contribution is -0.612. The lowest BCUT2D eigenvalue weighted by Gasteiger charge is -2.21. The van der Waals surface area contributed by atoms with Gasteiger partial charge in [0.15, 0.2) is 36.7 Å². The number of pyridine rings is 4. The van der Waals surface area contributed by atoms with Crippen molar-refractivity contribution in [2.24, 2.45) is 14.1 Å². The van der Waals surface area contributed by atoms with Gasteiger partial charge in [0.05, 0.1) is 68.4 Å². The number of halogens is 2. The van der Waals surface area contributed by atoms with Gasteiger partial charge in [0.2, 0.25) is 23.2 Å². The van der Waals surface area contributed by atoms with Gasteiger partial charge in [0.25, 0.3) is 0 Å². The molecule has 1 amide bonds. The smallest absolute Gasteiger partial charge is 0.319 e. The van der Waals surface area contributed by atoms with E-state index >= 15 is 0 Å². The van der Waals surface area contributed by atoms with E-state index in [4.69, 9.17) is 36.7 Å². The van der Waals surface area contributed by atoms with Crippen LogP contribution in [0.2, 0.25) is 0 Å². The van der Waals surface area contributed by atoms with Gasteiger partial charge >= 0.3 is 12.0 Å². The molecule has 650 valence electrons. The fourth-order valence-corrected chi connectivity index (χ4v) is 11.5. The molecule has 1 aliphatic heterocycles. The van der Waals surface area contributed by atoms with Crippen molar-refractivity contribution in [2.75, 3.05) is 42.0 Å². The number of hydrogen-bond donors (Lipinski definition) is 0. The maximum absolute atomic E-state index is 10.7. The van der Waals surface area contributed by atoms with Gasteiger partial charge in [-0.15, -0.1) is 22.7 Å². The van der Waals surface area contributed by atoms with Gasteiger partial charge in [-0.05, 0) is 296 Å². The summed E-state index contributed by atoms with van der Waals surface area (Å²) in [5, 5.41) is 43.6. The summed E-state index contributed by atoms with van der Waals surface area (Å²) in [5.74, 6) is 4.29. The summed E-state index contributed by atoms with van der Waals surface area (Å²) in [5.41, 5.74) is 17.2. The van der Waals surface area contributed by atoms with E-state index in [-0.39, 0.29) is 5.56 Å². The van der Waals surface area contributed by atoms with E-state index in [1.165, 1.54) is 117 Å². The number of methoxy groups -OCH3 is 4. The molecule has 1 saturated heterocycles. The summed E-state index contributed by atoms with van der Waals surface area (Å²) in [6.07, 6.45) is 20.8. The topological polar surface area (TPSA) is 282 Å². The third-order valence-corrected chi connectivity index (χ3v) is 21.0. The second-order valence-corrected chi connectivity index (χ2v) is 31.5. The largest absolute Gasteiger partial charge is 0.619 e. The van der Waals surface area contributed by atoms with Gasteiger partial charge in [-0.3, -0.25) is 9.59 Å². The molecular weight excluding hydrogens is 1710 g/mol. The Balaban J connectivity index is 0.000000644. The zero-order valence-electron chi connectivity index (χ0n) is 74.5. The Morgan fingerprint density at radius 2 is 1.16 bits per heavy atom. The lowest BCUT2D eigenvalue weighted by Crippen LogP contribution is -2.31. The average Bonchev–Trinajstić information content (AvgIpc) is 0.973. The van der Waals surface area contributed by atoms with Gasteiger partial charge in [0.1, 0.15) is 17.3 Å². The van der Waals surface area contributed by atoms with Crippen LogP contribution in [-0.2, 0) is 18.9 Å². The summed E-state index contributed by atoms with van der Waals surface area (Å²) in [6.45, 7) is 40.9. The van der Waals surface area contributed by atoms with Crippen LogP contribution >= 0.6 is 65.9 Å². The first-order valence-electron chi connectivity index (χ1n) is 37.8. The first-order valence-corrected chi connectivity index (χ1v) is 42.1. The fourth-order valence-electron chi connectivity index (χ4n) is 8.33. The molecule has 29 heteroatoms. The van der Waals surface area contributed by atoms with Crippen molar-refractivity contribution in [2.45, 2.75) is 158 Å². The predicted molar refractivity (Wildman–Crippen MR) is 491 cm³/mol. The number of furan rings is 3. The summed E-state index contributed by atoms with van der Waals surface area (Å²) >= 11 is 12.1. The number of piperidine rings is 1. The number of thiophene rings is 3. The number of nitrogens with zero attached hydrogens (tertiary/aromatic N) is 11. The molecule has 0 bridgehead atoms. The lowest BCUT2D eigenvalue weighted by atomic mass is 10.1. The summed E-state index contributed by atoms with van der Waals surface area (Å²) < 4.78 is 47.2. The molecular formula is C91H121Br2N11O13S3. The van der Waals surface area contributed by atoms with E-state index in [1.807, 2.05) is 151 Å². The van der Waals surface area contributed by atoms with Gasteiger partial charge in [0, 0.05) is 128 Å². The van der Waals surface area contributed by atoms with E-state index in [9.17, 15) is 25.2 Å². The molecule has 24 nitrogen and oxygen atoms in total. The first-order chi connectivity index (χ1) is 56.7. The van der Waals surface area contributed by atoms with Crippen LogP contribution in [0.15, 0.2) is 225 Å². The predicted octanol–water partition coefficient (Wildman–Crippen LogP) is 21.4. The zero-order valence-corrected chi connectivity index (χ0v) is 80.1. The number of likely N-dealkylation sites (tertiary alicyclic amines) is 1. The number of carbonyl (C=O) groups excluding carboxylic acids is 1. The Bertz CT molecular complexity index is 4700. The third kappa shape index (κ3) is 47.6. The highest BCUT2D eigenvalue weighted by Gasteiger charge is 2.12. The van der Waals surface area contributed by atoms with Crippen LogP contribution in [0.4, 0.5) is 0 Å². The Labute approximate surface area is 738 Å². The summed E-state index contributed by atoms with van der Waals surface area (Å²) in [7, 11) is 11.7. The molecule has 0 N–H and O–H groups in total. The van der Waals surface area contributed by atoms with Crippen molar-refractivity contribution < 1.29 is 55.7 Å². The molecule has 14 aromatic rings. The SMILES string of the molecule is CN1CCCCC1=O.COc1cc(C)nc(OC)n1.COc1ncc(C)c(OC)n1.Cc1cc[n+]([O-])cc1.Cc1ccc[n+]([O-])c1.Cc1cccc[n+]1[O-].Cc1ccoc1C.Cc1ccsc1C.Cc1coc(C)c1.Cc1cocc1C.Cc1csc(C)c1.Cc1cscc1C.Cc1noc(C)c1C.Cn1c(Br)ccc1Br.Cn1ccccc1=O. The molecule has 14 aromatic heterocycles. The van der Waals surface area contributed by atoms with E-state index in [0.29, 0.717) is 29.7 Å². The molecule has 15 rings (SSSR count). The number of rotatable bonds is 4. The minimum atomic E-state index is 0.0347. The standard InChI is InChI=1S/2C7H10N2O2.C6H7NO.C6H9NO.C6H7NO.C6H11NO.2C6H7NO.3C6H8O.3C6H8S.C5H5Br2N/c1-5-4-8-7(11-3)9-6(5)10-2;1-5-4-6(10-2)9-7(8-5)11-3;1-6-2-4-7(8)5-3-6;1-4-5(2)7-8-6(4)3;1-6-3-2-4-7(8)5-6;2*1-7-5-3-2-4-6(7)8;1-6-4-2-3-5-7(6)8;1-5-3-7-4-6(5)2;1-5-3-6(2)7-4-5;1-5-3-4-7-6(5)2;1-5-3-7-4-6(5)2;1-5-3-6(2)7-4-5;1-5-3-4-7-6(5)2;1-8-4(6)2-3-5(8)7/h2*4H,1-3H3;2-5H,1H3;1-3H3;2-5H,1H3;2-5H2,1H3;2*2-5H,1H3;6*3-4H,1-2H3;2-3H,1H3. The molecule has 0 spiro atoms. The maximum Gasteiger partial charge on any atom is 0.319 e. The highest BCUT2D eigenvalue weighted by molar-refractivity contribution is 9.11. The fraction of sp³-hybridized carbons (Fsp3) is 0.341. The highest BCUT2D eigenvalue weighted by atomic mass is 79.9. The first kappa shape index (κ1) is 107. The van der Waals surface area contributed by atoms with E-state index in [0.717, 1.165) is 99.4 Å². The van der Waals surface area contributed by atoms with Crippen molar-refractivity contribution in [3.63, 3.8) is 0 Å². The average molecular weight is 1830 g/mol. The molecule has 1 aliphatic rings. The van der Waals surface area contributed by atoms with Crippen LogP contribution in [0.25, 0.3) is 0 Å². The van der Waals surface area contributed by atoms with Crippen molar-refractivity contribution in [1.82, 2.24) is 39.1 Å². The van der Waals surface area contributed by atoms with Crippen molar-refractivity contribution in [3.8, 4) is 23.8 Å². The molecule has 15 heterocycles. The van der Waals surface area contributed by atoms with E-state index in [1.54, 1.807) is 147 Å². The monoisotopic (exact) mass is 1830 g/mol. The number of carbonyl (C=O) groups is 1. The van der Waals surface area contributed by atoms with Crippen LogP contribution in [0.3, 0.4) is 0 Å². The van der Waals surface area contributed by atoms with Crippen LogP contribution in [0.1, 0.15) is 130 Å². The zero-order chi connectivity index (χ0) is 90.4. The number of amides is 1. The minimum absolute atomic E-state index is 0.0347. The van der Waals surface area contributed by atoms with Crippen molar-refractivity contribution >= 4 is 71.8 Å². The summed E-state index contributed by atoms with van der Waals surface area (Å²) in [6, 6.07) is 32.2. The Kier molecular flexibility index (Phi) is 53.9. The quantitative estimate of drug-likeness (QED) is 0.117. The van der Waals surface area contributed by atoms with E-state index < -0.39 is 0 Å². The van der Waals surface area contributed by atoms with Crippen molar-refractivity contribution in [1.29, 1.82) is 0 Å². The maximum atomic E-state index is 10.7. The highest BCUT2D eigenvalue weighted by Crippen LogP contribution is 2.19. The third-order valence-electron chi connectivity index (χ3n) is 16.5. The number of aryl methyl sites for hydroxylation is 20. The second-order valence-electron chi connectivity index (χ2n) is 26.9. The van der Waals surface area contributed by atoms with Crippen molar-refractivity contribution in [3.05, 3.63) is 339 Å². The molecule has 1 fully saturated rings. The van der Waals surface area contributed by atoms with Gasteiger partial charge in [-0.1, -0.05) is 17.3 Å². The van der Waals surface area contributed by atoms with Gasteiger partial charge in [-0.2, -0.15) is 35.5 Å².